The Morgan fingerprint density at radius 1 is 1.32 bits per heavy atom. The predicted molar refractivity (Wildman–Crippen MR) is 94.4 cm³/mol. The van der Waals surface area contributed by atoms with E-state index >= 15 is 0 Å². The Hall–Kier alpha value is -2.34. The van der Waals surface area contributed by atoms with Gasteiger partial charge in [0.2, 0.25) is 0 Å². The smallest absolute Gasteiger partial charge is 0.328 e. The average molecular weight is 365 g/mol. The zero-order chi connectivity index (χ0) is 18.6. The van der Waals surface area contributed by atoms with Crippen LogP contribution in [0.1, 0.15) is 36.4 Å². The van der Waals surface area contributed by atoms with Crippen LogP contribution >= 0.6 is 11.6 Å². The first-order chi connectivity index (χ1) is 11.8. The van der Waals surface area contributed by atoms with Crippen LogP contribution in [0, 0.1) is 12.8 Å². The second kappa shape index (κ2) is 8.16. The molecule has 25 heavy (non-hydrogen) atoms. The number of aromatic nitrogens is 1. The van der Waals surface area contributed by atoms with Crippen LogP contribution in [0.15, 0.2) is 28.8 Å². The van der Waals surface area contributed by atoms with E-state index in [1.54, 1.807) is 31.2 Å². The maximum atomic E-state index is 12.8. The van der Waals surface area contributed by atoms with Crippen molar-refractivity contribution in [1.82, 2.24) is 10.5 Å². The SMILES string of the molecule is COC(=O)C(CC(C)C)NC(=O)c1c(-c2ccccc2Cl)noc1C. The molecule has 0 radical (unpaired) electrons. The van der Waals surface area contributed by atoms with Crippen molar-refractivity contribution >= 4 is 23.5 Å². The molecule has 2 rings (SSSR count). The van der Waals surface area contributed by atoms with Gasteiger partial charge in [-0.25, -0.2) is 4.79 Å². The number of halogens is 1. The first-order valence-electron chi connectivity index (χ1n) is 7.95. The minimum atomic E-state index is -0.745. The molecule has 1 aromatic carbocycles. The van der Waals surface area contributed by atoms with Gasteiger partial charge in [-0.05, 0) is 25.3 Å². The highest BCUT2D eigenvalue weighted by Crippen LogP contribution is 2.31. The molecule has 0 saturated heterocycles. The minimum Gasteiger partial charge on any atom is -0.467 e. The maximum Gasteiger partial charge on any atom is 0.328 e. The molecule has 1 N–H and O–H groups in total. The molecule has 7 heteroatoms. The molecule has 6 nitrogen and oxygen atoms in total. The zero-order valence-corrected chi connectivity index (χ0v) is 15.4. The van der Waals surface area contributed by atoms with E-state index in [0.717, 1.165) is 0 Å². The van der Waals surface area contributed by atoms with Gasteiger partial charge in [-0.3, -0.25) is 4.79 Å². The molecule has 0 saturated carbocycles. The Kier molecular flexibility index (Phi) is 6.20. The minimum absolute atomic E-state index is 0.205. The van der Waals surface area contributed by atoms with E-state index in [0.29, 0.717) is 28.5 Å². The number of benzene rings is 1. The summed E-state index contributed by atoms with van der Waals surface area (Å²) in [5.74, 6) is -0.392. The Labute approximate surface area is 151 Å². The first kappa shape index (κ1) is 19.0. The summed E-state index contributed by atoms with van der Waals surface area (Å²) < 4.78 is 9.97. The number of nitrogens with zero attached hydrogens (tertiary/aromatic N) is 1. The number of amides is 1. The molecule has 0 aliphatic heterocycles. The van der Waals surface area contributed by atoms with Gasteiger partial charge in [-0.15, -0.1) is 0 Å². The summed E-state index contributed by atoms with van der Waals surface area (Å²) in [6, 6.07) is 6.30. The van der Waals surface area contributed by atoms with Crippen LogP contribution in [0.3, 0.4) is 0 Å². The van der Waals surface area contributed by atoms with E-state index < -0.39 is 17.9 Å². The standard InChI is InChI=1S/C18H21ClN2O4/c1-10(2)9-14(18(23)24-4)20-17(22)15-11(3)25-21-16(15)12-7-5-6-8-13(12)19/h5-8,10,14H,9H2,1-4H3,(H,20,22). The van der Waals surface area contributed by atoms with E-state index in [9.17, 15) is 9.59 Å². The third-order valence-corrected chi connectivity index (χ3v) is 4.05. The Morgan fingerprint density at radius 2 is 2.00 bits per heavy atom. The number of rotatable bonds is 6. The second-order valence-corrected chi connectivity index (χ2v) is 6.53. The Bertz CT molecular complexity index is 770. The molecule has 1 aromatic heterocycles. The molecule has 2 aromatic rings. The highest BCUT2D eigenvalue weighted by molar-refractivity contribution is 6.33. The summed E-state index contributed by atoms with van der Waals surface area (Å²) in [6.45, 7) is 5.56. The number of carbonyl (C=O) groups is 2. The Morgan fingerprint density at radius 3 is 2.60 bits per heavy atom. The van der Waals surface area contributed by atoms with Crippen molar-refractivity contribution in [3.63, 3.8) is 0 Å². The lowest BCUT2D eigenvalue weighted by Gasteiger charge is -2.18. The van der Waals surface area contributed by atoms with Crippen LogP contribution in [0.25, 0.3) is 11.3 Å². The van der Waals surface area contributed by atoms with Crippen LogP contribution in [-0.2, 0) is 9.53 Å². The first-order valence-corrected chi connectivity index (χ1v) is 8.32. The molecule has 1 unspecified atom stereocenters. The van der Waals surface area contributed by atoms with Crippen molar-refractivity contribution in [1.29, 1.82) is 0 Å². The van der Waals surface area contributed by atoms with Crippen LogP contribution in [0.5, 0.6) is 0 Å². The van der Waals surface area contributed by atoms with E-state index in [-0.39, 0.29) is 11.5 Å². The van der Waals surface area contributed by atoms with Crippen LogP contribution in [-0.4, -0.2) is 30.2 Å². The number of ether oxygens (including phenoxy) is 1. The fourth-order valence-electron chi connectivity index (χ4n) is 2.53. The van der Waals surface area contributed by atoms with Gasteiger partial charge in [-0.1, -0.05) is 48.8 Å². The van der Waals surface area contributed by atoms with Crippen molar-refractivity contribution in [2.45, 2.75) is 33.2 Å². The van der Waals surface area contributed by atoms with Crippen LogP contribution in [0.4, 0.5) is 0 Å². The topological polar surface area (TPSA) is 81.4 Å². The number of methoxy groups -OCH3 is 1. The highest BCUT2D eigenvalue weighted by atomic mass is 35.5. The number of nitrogens with one attached hydrogen (secondary N) is 1. The molecule has 1 amide bonds. The van der Waals surface area contributed by atoms with Crippen molar-refractivity contribution in [2.75, 3.05) is 7.11 Å². The molecular weight excluding hydrogens is 344 g/mol. The number of esters is 1. The summed E-state index contributed by atoms with van der Waals surface area (Å²) >= 11 is 6.20. The largest absolute Gasteiger partial charge is 0.467 e. The number of carbonyl (C=O) groups excluding carboxylic acids is 2. The molecule has 1 atom stereocenters. The summed E-state index contributed by atoms with van der Waals surface area (Å²) in [6.07, 6.45) is 0.462. The predicted octanol–water partition coefficient (Wildman–Crippen LogP) is 3.62. The molecule has 0 aliphatic rings. The summed E-state index contributed by atoms with van der Waals surface area (Å²) in [5, 5.41) is 7.14. The zero-order valence-electron chi connectivity index (χ0n) is 14.6. The normalized spacial score (nSPS) is 12.1. The van der Waals surface area contributed by atoms with E-state index in [4.69, 9.17) is 20.9 Å². The van der Waals surface area contributed by atoms with Gasteiger partial charge in [0.05, 0.1) is 12.1 Å². The fraction of sp³-hybridized carbons (Fsp3) is 0.389. The fourth-order valence-corrected chi connectivity index (χ4v) is 2.76. The Balaban J connectivity index is 2.35. The summed E-state index contributed by atoms with van der Waals surface area (Å²) in [4.78, 5) is 24.7. The molecular formula is C18H21ClN2O4. The monoisotopic (exact) mass is 364 g/mol. The van der Waals surface area contributed by atoms with Crippen molar-refractivity contribution in [2.24, 2.45) is 5.92 Å². The molecule has 0 aliphatic carbocycles. The van der Waals surface area contributed by atoms with Gasteiger partial charge >= 0.3 is 5.97 Å². The lowest BCUT2D eigenvalue weighted by Crippen LogP contribution is -2.42. The lowest BCUT2D eigenvalue weighted by molar-refractivity contribution is -0.143. The van der Waals surface area contributed by atoms with Crippen LogP contribution in [0.2, 0.25) is 5.02 Å². The van der Waals surface area contributed by atoms with Gasteiger partial charge < -0.3 is 14.6 Å². The summed E-state index contributed by atoms with van der Waals surface area (Å²) in [5.41, 5.74) is 1.18. The molecule has 0 spiro atoms. The van der Waals surface area contributed by atoms with Gasteiger partial charge in [0.1, 0.15) is 23.1 Å². The van der Waals surface area contributed by atoms with E-state index in [1.165, 1.54) is 7.11 Å². The van der Waals surface area contributed by atoms with Crippen molar-refractivity contribution < 1.29 is 18.8 Å². The number of hydrogen-bond donors (Lipinski definition) is 1. The van der Waals surface area contributed by atoms with Gasteiger partial charge in [0, 0.05) is 5.56 Å². The summed E-state index contributed by atoms with van der Waals surface area (Å²) in [7, 11) is 1.29. The van der Waals surface area contributed by atoms with Gasteiger partial charge in [0.15, 0.2) is 0 Å². The molecule has 134 valence electrons. The molecule has 1 heterocycles. The average Bonchev–Trinajstić information content (AvgIpc) is 2.95. The molecule has 0 bridgehead atoms. The van der Waals surface area contributed by atoms with E-state index in [2.05, 4.69) is 10.5 Å². The van der Waals surface area contributed by atoms with E-state index in [1.807, 2.05) is 13.8 Å². The third kappa shape index (κ3) is 4.39. The third-order valence-electron chi connectivity index (χ3n) is 3.72. The maximum absolute atomic E-state index is 12.8. The van der Waals surface area contributed by atoms with Crippen LogP contribution < -0.4 is 5.32 Å². The number of hydrogen-bond acceptors (Lipinski definition) is 5. The highest BCUT2D eigenvalue weighted by Gasteiger charge is 2.28. The second-order valence-electron chi connectivity index (χ2n) is 6.12. The lowest BCUT2D eigenvalue weighted by atomic mass is 10.0. The van der Waals surface area contributed by atoms with Gasteiger partial charge in [-0.2, -0.15) is 0 Å². The van der Waals surface area contributed by atoms with Crippen molar-refractivity contribution in [3.8, 4) is 11.3 Å². The molecule has 0 fully saturated rings. The van der Waals surface area contributed by atoms with Crippen molar-refractivity contribution in [3.05, 3.63) is 40.6 Å². The number of aryl methyl sites for hydroxylation is 1. The van der Waals surface area contributed by atoms with Gasteiger partial charge in [0.25, 0.3) is 5.91 Å². The quantitative estimate of drug-likeness (QED) is 0.791.